The number of aliphatic hydroxyl groups excluding tert-OH is 4. The molecule has 1 saturated heterocycles. The van der Waals surface area contributed by atoms with Crippen LogP contribution in [-0.2, 0) is 107 Å². The SMILES string of the molecule is CCCCc1nc2c(N)nc3cc(C(=O)O)ccc3c2n1Cc1ccc(CNC(=O)OCc2ccc(O[C@H]3O[C@H](CO)[C@@H](O)[C@H](O)[C@@H]3O)c(NC(=O)CCNC(=O)[C@@H](N)CCCCNC(=O)CCOCCOCCOCCOCCOCCOCCOCCOCCOCCOCCOCCOC)c2)cc1. The normalized spacial score (nSPS) is 16.1. The summed E-state index contributed by atoms with van der Waals surface area (Å²) in [6.07, 6.45) is -4.98. The smallest absolute Gasteiger partial charge is 0.407 e. The predicted molar refractivity (Wildman–Crippen MR) is 385 cm³/mol. The van der Waals surface area contributed by atoms with E-state index >= 15 is 0 Å². The lowest BCUT2D eigenvalue weighted by atomic mass is 9.99. The second-order valence-corrected chi connectivity index (χ2v) is 24.4. The fourth-order valence-corrected chi connectivity index (χ4v) is 10.5. The number of carboxylic acid groups (broad SMARTS) is 1. The quantitative estimate of drug-likeness (QED) is 0.0248. The molecule has 0 bridgehead atoms. The fraction of sp³-hybridized carbons (Fsp3) is 0.625. The topological polar surface area (TPSA) is 456 Å². The van der Waals surface area contributed by atoms with Crippen LogP contribution < -0.4 is 37.5 Å². The Kier molecular flexibility index (Phi) is 42.7. The summed E-state index contributed by atoms with van der Waals surface area (Å²) in [7, 11) is 1.63. The Morgan fingerprint density at radius 3 is 1.69 bits per heavy atom. The van der Waals surface area contributed by atoms with Crippen molar-refractivity contribution in [1.82, 2.24) is 30.5 Å². The van der Waals surface area contributed by atoms with E-state index in [1.807, 2.05) is 24.3 Å². The van der Waals surface area contributed by atoms with Crippen molar-refractivity contribution in [2.45, 2.75) is 115 Å². The summed E-state index contributed by atoms with van der Waals surface area (Å²) >= 11 is 0. The number of aromatic carboxylic acids is 1. The van der Waals surface area contributed by atoms with Crippen molar-refractivity contribution in [2.75, 3.05) is 190 Å². The number of nitrogens with zero attached hydrogens (tertiary/aromatic N) is 3. The first kappa shape index (κ1) is 87.5. The van der Waals surface area contributed by atoms with Gasteiger partial charge in [0.05, 0.1) is 187 Å². The number of hydrogen-bond acceptors (Lipinski definition) is 28. The number of nitrogens with two attached hydrogens (primary N) is 2. The van der Waals surface area contributed by atoms with Gasteiger partial charge in [0.25, 0.3) is 0 Å². The van der Waals surface area contributed by atoms with Gasteiger partial charge in [0.1, 0.15) is 48.1 Å². The number of aromatic nitrogens is 3. The highest BCUT2D eigenvalue weighted by molar-refractivity contribution is 6.08. The summed E-state index contributed by atoms with van der Waals surface area (Å²) in [6, 6.07) is 15.8. The van der Waals surface area contributed by atoms with Gasteiger partial charge in [-0.1, -0.05) is 43.7 Å². The largest absolute Gasteiger partial charge is 0.478 e. The van der Waals surface area contributed by atoms with Crippen LogP contribution in [0.2, 0.25) is 0 Å². The van der Waals surface area contributed by atoms with Gasteiger partial charge in [-0.2, -0.15) is 0 Å². The Bertz CT molecular complexity index is 3340. The monoisotopic (exact) mass is 1500 g/mol. The molecule has 0 aliphatic carbocycles. The minimum Gasteiger partial charge on any atom is -0.478 e. The number of methoxy groups -OCH3 is 1. The van der Waals surface area contributed by atoms with Crippen molar-refractivity contribution in [2.24, 2.45) is 5.73 Å². The van der Waals surface area contributed by atoms with Crippen molar-refractivity contribution < 1.29 is 121 Å². The number of imidazole rings is 1. The molecule has 34 nitrogen and oxygen atoms in total. The Morgan fingerprint density at radius 1 is 0.594 bits per heavy atom. The highest BCUT2D eigenvalue weighted by atomic mass is 16.7. The predicted octanol–water partition coefficient (Wildman–Crippen LogP) is 2.14. The second kappa shape index (κ2) is 51.8. The number of hydrogen-bond donors (Lipinski definition) is 11. The van der Waals surface area contributed by atoms with Crippen molar-refractivity contribution in [3.63, 3.8) is 0 Å². The number of carboxylic acids is 1. The van der Waals surface area contributed by atoms with Crippen LogP contribution in [0.15, 0.2) is 60.7 Å². The lowest BCUT2D eigenvalue weighted by Gasteiger charge is -2.39. The molecule has 0 unspecified atom stereocenters. The minimum absolute atomic E-state index is 0.0283. The summed E-state index contributed by atoms with van der Waals surface area (Å²) in [4.78, 5) is 72.9. The summed E-state index contributed by atoms with van der Waals surface area (Å²) in [5.74, 6) is -1.39. The molecule has 2 aromatic heterocycles. The number of aliphatic hydroxyl groups is 4. The molecule has 5 aromatic rings. The van der Waals surface area contributed by atoms with Gasteiger partial charge in [-0.05, 0) is 72.7 Å². The van der Waals surface area contributed by atoms with Gasteiger partial charge in [-0.15, -0.1) is 0 Å². The number of rotatable bonds is 59. The molecule has 3 heterocycles. The Labute approximate surface area is 616 Å². The molecule has 1 aliphatic rings. The maximum absolute atomic E-state index is 13.4. The van der Waals surface area contributed by atoms with Gasteiger partial charge in [-0.3, -0.25) is 14.4 Å². The maximum Gasteiger partial charge on any atom is 0.407 e. The van der Waals surface area contributed by atoms with Crippen LogP contribution in [0.3, 0.4) is 0 Å². The van der Waals surface area contributed by atoms with Gasteiger partial charge in [0.2, 0.25) is 24.0 Å². The van der Waals surface area contributed by atoms with E-state index in [1.165, 1.54) is 30.3 Å². The van der Waals surface area contributed by atoms with E-state index in [1.54, 1.807) is 13.2 Å². The Balaban J connectivity index is 0.776. The molecule has 1 fully saturated rings. The number of amides is 4. The number of alkyl carbamates (subject to hydrolysis) is 1. The number of pyridine rings is 1. The zero-order valence-electron chi connectivity index (χ0n) is 60.8. The van der Waals surface area contributed by atoms with E-state index < -0.39 is 67.2 Å². The standard InChI is InChI=1S/C72H109N9O25/c1-3-4-8-60-80-63-64(54-15-14-53(70(89)90)45-56(54)79-68(63)74)81(60)47-51-11-9-50(10-12-51)46-77-72(91)104-49-52-13-16-58(105-71-67(87)66(86)65(85)59(48-82)106-71)57(44-52)78-62(84)17-20-76-69(88)55(73)7-5-6-19-75-61(83)18-21-93-24-25-95-28-29-97-32-33-99-36-37-101-40-41-103-43-42-102-39-38-100-35-34-98-31-30-96-27-26-94-23-22-92-2/h9-16,44-45,55,59,65-67,71,82,85-87H,3-8,17-43,46-49,73H2,1-2H3,(H2,74,79)(H,75,83)(H,76,88)(H,77,91)(H,78,84)(H,89,90)/t55-,59+,65+,66-,67-,71-/m0/s1. The number of carbonyl (C=O) groups is 5. The molecular formula is C72H109N9O25. The number of carbonyl (C=O) groups excluding carboxylic acids is 4. The van der Waals surface area contributed by atoms with Gasteiger partial charge >= 0.3 is 12.1 Å². The van der Waals surface area contributed by atoms with E-state index in [-0.39, 0.29) is 67.9 Å². The van der Waals surface area contributed by atoms with Crippen LogP contribution in [0, 0.1) is 0 Å². The summed E-state index contributed by atoms with van der Waals surface area (Å²) in [6.45, 7) is 12.1. The van der Waals surface area contributed by atoms with Crippen molar-refractivity contribution in [3.05, 3.63) is 88.7 Å². The number of aryl methyl sites for hydroxylation is 1. The number of anilines is 2. The first-order valence-corrected chi connectivity index (χ1v) is 35.9. The van der Waals surface area contributed by atoms with E-state index in [2.05, 4.69) is 37.7 Å². The molecule has 13 N–H and O–H groups in total. The zero-order chi connectivity index (χ0) is 75.9. The molecule has 34 heteroatoms. The average molecular weight is 1500 g/mol. The van der Waals surface area contributed by atoms with Crippen molar-refractivity contribution in [3.8, 4) is 5.75 Å². The van der Waals surface area contributed by atoms with Gasteiger partial charge in [0, 0.05) is 57.9 Å². The highest BCUT2D eigenvalue weighted by Gasteiger charge is 2.45. The zero-order valence-corrected chi connectivity index (χ0v) is 60.8. The third-order valence-corrected chi connectivity index (χ3v) is 16.2. The van der Waals surface area contributed by atoms with Crippen LogP contribution in [0.25, 0.3) is 21.9 Å². The Hall–Kier alpha value is -7.43. The second-order valence-electron chi connectivity index (χ2n) is 24.4. The van der Waals surface area contributed by atoms with Crippen molar-refractivity contribution >= 4 is 63.2 Å². The van der Waals surface area contributed by atoms with E-state index in [0.29, 0.717) is 201 Å². The highest BCUT2D eigenvalue weighted by Crippen LogP contribution is 2.33. The van der Waals surface area contributed by atoms with Crippen LogP contribution >= 0.6 is 0 Å². The van der Waals surface area contributed by atoms with Gasteiger partial charge in [-0.25, -0.2) is 19.6 Å². The van der Waals surface area contributed by atoms with E-state index in [9.17, 15) is 49.5 Å². The van der Waals surface area contributed by atoms with Crippen LogP contribution in [0.4, 0.5) is 16.3 Å². The molecule has 1 aliphatic heterocycles. The Morgan fingerprint density at radius 2 is 1.14 bits per heavy atom. The number of unbranched alkanes of at least 4 members (excludes halogenated alkanes) is 2. The third kappa shape index (κ3) is 33.0. The molecular weight excluding hydrogens is 1390 g/mol. The fourth-order valence-electron chi connectivity index (χ4n) is 10.5. The third-order valence-electron chi connectivity index (χ3n) is 16.2. The first-order valence-electron chi connectivity index (χ1n) is 35.9. The molecule has 0 radical (unpaired) electrons. The number of nitrogen functional groups attached to an aromatic ring is 1. The van der Waals surface area contributed by atoms with E-state index in [4.69, 9.17) is 87.5 Å². The molecule has 0 saturated carbocycles. The molecule has 592 valence electrons. The lowest BCUT2D eigenvalue weighted by molar-refractivity contribution is -0.277. The summed E-state index contributed by atoms with van der Waals surface area (Å²) in [5.41, 5.74) is 16.5. The number of fused-ring (bicyclic) bond motifs is 3. The number of nitrogens with one attached hydrogen (secondary N) is 4. The van der Waals surface area contributed by atoms with Crippen LogP contribution in [0.5, 0.6) is 5.75 Å². The molecule has 3 aromatic carbocycles. The molecule has 6 atom stereocenters. The molecule has 0 spiro atoms. The number of ether oxygens (including phenoxy) is 15. The number of benzene rings is 3. The van der Waals surface area contributed by atoms with Crippen LogP contribution in [-0.4, -0.2) is 285 Å². The molecule has 6 rings (SSSR count). The van der Waals surface area contributed by atoms with E-state index in [0.717, 1.165) is 40.7 Å². The first-order chi connectivity index (χ1) is 51.6. The van der Waals surface area contributed by atoms with Gasteiger partial charge in [0.15, 0.2) is 5.82 Å². The average Bonchev–Trinajstić information content (AvgIpc) is 1.58. The van der Waals surface area contributed by atoms with Crippen LogP contribution in [0.1, 0.15) is 84.7 Å². The molecule has 4 amide bonds. The lowest BCUT2D eigenvalue weighted by Crippen LogP contribution is -2.60. The summed E-state index contributed by atoms with van der Waals surface area (Å²) in [5, 5.41) is 62.5. The minimum atomic E-state index is -1.77. The van der Waals surface area contributed by atoms with Crippen molar-refractivity contribution in [1.29, 1.82) is 0 Å². The molecule has 106 heavy (non-hydrogen) atoms. The van der Waals surface area contributed by atoms with Gasteiger partial charge < -0.3 is 134 Å². The summed E-state index contributed by atoms with van der Waals surface area (Å²) < 4.78 is 84.2. The maximum atomic E-state index is 13.4.